The van der Waals surface area contributed by atoms with Crippen LogP contribution in [0.25, 0.3) is 0 Å². The molecule has 1 saturated heterocycles. The van der Waals surface area contributed by atoms with Crippen molar-refractivity contribution in [3.05, 3.63) is 59.7 Å². The van der Waals surface area contributed by atoms with E-state index < -0.39 is 10.0 Å². The van der Waals surface area contributed by atoms with Gasteiger partial charge in [0, 0.05) is 25.2 Å². The van der Waals surface area contributed by atoms with Crippen LogP contribution >= 0.6 is 0 Å². The molecule has 3 rings (SSSR count). The molecule has 1 aliphatic rings. The van der Waals surface area contributed by atoms with Gasteiger partial charge >= 0.3 is 0 Å². The Morgan fingerprint density at radius 2 is 1.60 bits per heavy atom. The van der Waals surface area contributed by atoms with Crippen molar-refractivity contribution >= 4 is 21.6 Å². The summed E-state index contributed by atoms with van der Waals surface area (Å²) < 4.78 is 27.3. The lowest BCUT2D eigenvalue weighted by Gasteiger charge is -2.20. The molecule has 1 fully saturated rings. The number of carbonyl (C=O) groups excluding carboxylic acids is 1. The van der Waals surface area contributed by atoms with E-state index >= 15 is 0 Å². The number of nitrogens with one attached hydrogen (secondary N) is 1. The molecule has 0 aliphatic carbocycles. The molecule has 1 heterocycles. The van der Waals surface area contributed by atoms with E-state index in [0.29, 0.717) is 36.7 Å². The Labute approximate surface area is 180 Å². The molecule has 6 heteroatoms. The van der Waals surface area contributed by atoms with Crippen LogP contribution in [-0.4, -0.2) is 31.7 Å². The highest BCUT2D eigenvalue weighted by Gasteiger charge is 2.24. The van der Waals surface area contributed by atoms with Crippen molar-refractivity contribution in [3.63, 3.8) is 0 Å². The number of rotatable bonds is 7. The van der Waals surface area contributed by atoms with Crippen molar-refractivity contribution in [3.8, 4) is 0 Å². The Morgan fingerprint density at radius 1 is 0.967 bits per heavy atom. The lowest BCUT2D eigenvalue weighted by molar-refractivity contribution is -0.116. The summed E-state index contributed by atoms with van der Waals surface area (Å²) in [4.78, 5) is 12.7. The molecular formula is C24H32N2O3S. The first-order valence-corrected chi connectivity index (χ1v) is 12.3. The van der Waals surface area contributed by atoms with E-state index in [0.717, 1.165) is 42.5 Å². The Kier molecular flexibility index (Phi) is 7.67. The highest BCUT2D eigenvalue weighted by molar-refractivity contribution is 7.89. The van der Waals surface area contributed by atoms with Crippen molar-refractivity contribution < 1.29 is 13.2 Å². The van der Waals surface area contributed by atoms with Crippen LogP contribution in [0.2, 0.25) is 0 Å². The standard InChI is InChI=1S/C24H32N2O3S/c1-19(2)22-9-5-6-10-23(22)25-24(27)16-13-20-11-14-21(15-12-20)30(28,29)26-17-7-3-4-8-18-26/h5-6,9-12,14-15,19H,3-4,7-8,13,16-18H2,1-2H3,(H,25,27). The summed E-state index contributed by atoms with van der Waals surface area (Å²) in [6.07, 6.45) is 4.95. The summed E-state index contributed by atoms with van der Waals surface area (Å²) in [7, 11) is -3.43. The normalized spacial score (nSPS) is 15.7. The maximum absolute atomic E-state index is 12.9. The van der Waals surface area contributed by atoms with E-state index in [2.05, 4.69) is 19.2 Å². The number of nitrogens with zero attached hydrogens (tertiary/aromatic N) is 1. The van der Waals surface area contributed by atoms with Crippen molar-refractivity contribution in [2.24, 2.45) is 0 Å². The molecule has 0 aromatic heterocycles. The van der Waals surface area contributed by atoms with Gasteiger partial charge in [-0.2, -0.15) is 4.31 Å². The third-order valence-corrected chi connectivity index (χ3v) is 7.54. The molecule has 0 radical (unpaired) electrons. The number of carbonyl (C=O) groups is 1. The Bertz CT molecular complexity index is 945. The van der Waals surface area contributed by atoms with Crippen molar-refractivity contribution in [1.82, 2.24) is 4.31 Å². The number of benzene rings is 2. The summed E-state index contributed by atoms with van der Waals surface area (Å²) in [5.41, 5.74) is 2.93. The van der Waals surface area contributed by atoms with E-state index in [1.165, 1.54) is 0 Å². The molecule has 0 spiro atoms. The molecule has 1 amide bonds. The van der Waals surface area contributed by atoms with Crippen LogP contribution in [0.4, 0.5) is 5.69 Å². The molecule has 30 heavy (non-hydrogen) atoms. The number of aryl methyl sites for hydroxylation is 1. The largest absolute Gasteiger partial charge is 0.326 e. The van der Waals surface area contributed by atoms with E-state index in [-0.39, 0.29) is 5.91 Å². The van der Waals surface area contributed by atoms with Gasteiger partial charge < -0.3 is 5.32 Å². The quantitative estimate of drug-likeness (QED) is 0.679. The summed E-state index contributed by atoms with van der Waals surface area (Å²) in [6, 6.07) is 14.8. The van der Waals surface area contributed by atoms with Gasteiger partial charge in [-0.1, -0.05) is 57.0 Å². The minimum atomic E-state index is -3.43. The number of amides is 1. The number of para-hydroxylation sites is 1. The second kappa shape index (κ2) is 10.2. The van der Waals surface area contributed by atoms with E-state index in [1.807, 2.05) is 36.4 Å². The van der Waals surface area contributed by atoms with Crippen LogP contribution in [0.3, 0.4) is 0 Å². The Hall–Kier alpha value is -2.18. The van der Waals surface area contributed by atoms with E-state index in [1.54, 1.807) is 16.4 Å². The summed E-state index contributed by atoms with van der Waals surface area (Å²) in [5.74, 6) is 0.296. The molecule has 162 valence electrons. The molecule has 0 saturated carbocycles. The van der Waals surface area contributed by atoms with Crippen LogP contribution in [-0.2, 0) is 21.2 Å². The number of sulfonamides is 1. The molecule has 0 unspecified atom stereocenters. The number of hydrogen-bond donors (Lipinski definition) is 1. The average Bonchev–Trinajstić information content (AvgIpc) is 3.03. The molecule has 1 aliphatic heterocycles. The molecule has 0 atom stereocenters. The van der Waals surface area contributed by atoms with Gasteiger partial charge in [-0.3, -0.25) is 4.79 Å². The van der Waals surface area contributed by atoms with Crippen LogP contribution in [0.15, 0.2) is 53.4 Å². The molecule has 1 N–H and O–H groups in total. The molecule has 2 aromatic carbocycles. The Balaban J connectivity index is 1.59. The van der Waals surface area contributed by atoms with Gasteiger partial charge in [0.05, 0.1) is 4.90 Å². The first-order chi connectivity index (χ1) is 14.4. The van der Waals surface area contributed by atoms with Crippen LogP contribution in [0, 0.1) is 0 Å². The third-order valence-electron chi connectivity index (χ3n) is 5.62. The lowest BCUT2D eigenvalue weighted by atomic mass is 10.0. The minimum Gasteiger partial charge on any atom is -0.326 e. The topological polar surface area (TPSA) is 66.5 Å². The zero-order valence-electron chi connectivity index (χ0n) is 17.9. The van der Waals surface area contributed by atoms with Crippen LogP contribution in [0.1, 0.15) is 63.0 Å². The predicted octanol–water partition coefficient (Wildman–Crippen LogP) is 4.95. The fraction of sp³-hybridized carbons (Fsp3) is 0.458. The monoisotopic (exact) mass is 428 g/mol. The lowest BCUT2D eigenvalue weighted by Crippen LogP contribution is -2.31. The number of hydrogen-bond acceptors (Lipinski definition) is 3. The van der Waals surface area contributed by atoms with Crippen LogP contribution in [0.5, 0.6) is 0 Å². The first kappa shape index (κ1) is 22.5. The highest BCUT2D eigenvalue weighted by atomic mass is 32.2. The minimum absolute atomic E-state index is 0.0376. The summed E-state index contributed by atoms with van der Waals surface area (Å²) in [5, 5.41) is 3.01. The fourth-order valence-corrected chi connectivity index (χ4v) is 5.36. The van der Waals surface area contributed by atoms with Crippen molar-refractivity contribution in [2.45, 2.75) is 63.2 Å². The smallest absolute Gasteiger partial charge is 0.243 e. The first-order valence-electron chi connectivity index (χ1n) is 10.9. The van der Waals surface area contributed by atoms with Gasteiger partial charge in [-0.05, 0) is 54.5 Å². The van der Waals surface area contributed by atoms with Crippen molar-refractivity contribution in [2.75, 3.05) is 18.4 Å². The zero-order chi connectivity index (χ0) is 21.6. The van der Waals surface area contributed by atoms with E-state index in [9.17, 15) is 13.2 Å². The van der Waals surface area contributed by atoms with Crippen LogP contribution < -0.4 is 5.32 Å². The van der Waals surface area contributed by atoms with E-state index in [4.69, 9.17) is 0 Å². The van der Waals surface area contributed by atoms with Gasteiger partial charge in [-0.25, -0.2) is 8.42 Å². The maximum atomic E-state index is 12.9. The number of anilines is 1. The predicted molar refractivity (Wildman–Crippen MR) is 121 cm³/mol. The third kappa shape index (κ3) is 5.70. The van der Waals surface area contributed by atoms with Gasteiger partial charge in [0.25, 0.3) is 0 Å². The summed E-state index contributed by atoms with van der Waals surface area (Å²) >= 11 is 0. The second-order valence-corrected chi connectivity index (χ2v) is 10.2. The van der Waals surface area contributed by atoms with Crippen molar-refractivity contribution in [1.29, 1.82) is 0 Å². The maximum Gasteiger partial charge on any atom is 0.243 e. The second-order valence-electron chi connectivity index (χ2n) is 8.25. The van der Waals surface area contributed by atoms with Gasteiger partial charge in [0.2, 0.25) is 15.9 Å². The van der Waals surface area contributed by atoms with Gasteiger partial charge in [0.1, 0.15) is 0 Å². The molecule has 2 aromatic rings. The molecule has 5 nitrogen and oxygen atoms in total. The SMILES string of the molecule is CC(C)c1ccccc1NC(=O)CCc1ccc(S(=O)(=O)N2CCCCCC2)cc1. The molecule has 0 bridgehead atoms. The Morgan fingerprint density at radius 3 is 2.23 bits per heavy atom. The van der Waals surface area contributed by atoms with Gasteiger partial charge in [0.15, 0.2) is 0 Å². The summed E-state index contributed by atoms with van der Waals surface area (Å²) in [6.45, 7) is 5.41. The molecular weight excluding hydrogens is 396 g/mol. The zero-order valence-corrected chi connectivity index (χ0v) is 18.7. The fourth-order valence-electron chi connectivity index (χ4n) is 3.84. The highest BCUT2D eigenvalue weighted by Crippen LogP contribution is 2.24. The average molecular weight is 429 g/mol. The van der Waals surface area contributed by atoms with Gasteiger partial charge in [-0.15, -0.1) is 0 Å².